The largest absolute Gasteiger partial charge is 0.479 e. The molecule has 6 heteroatoms. The van der Waals surface area contributed by atoms with Crippen molar-refractivity contribution in [1.82, 2.24) is 5.32 Å². The molecular formula is C11H13Cl2NO3. The van der Waals surface area contributed by atoms with Gasteiger partial charge in [-0.15, -0.1) is 0 Å². The Kier molecular flexibility index (Phi) is 5.55. The molecule has 1 aromatic rings. The summed E-state index contributed by atoms with van der Waals surface area (Å²) in [4.78, 5) is 11.5. The van der Waals surface area contributed by atoms with Crippen LogP contribution >= 0.6 is 23.2 Å². The Morgan fingerprint density at radius 2 is 2.24 bits per heavy atom. The lowest BCUT2D eigenvalue weighted by Crippen LogP contribution is -2.37. The van der Waals surface area contributed by atoms with E-state index in [-0.39, 0.29) is 19.1 Å². The molecule has 1 aromatic carbocycles. The Balaban J connectivity index is 2.61. The maximum atomic E-state index is 11.5. The molecule has 0 saturated heterocycles. The zero-order valence-corrected chi connectivity index (χ0v) is 10.8. The quantitative estimate of drug-likeness (QED) is 0.864. The first-order valence-corrected chi connectivity index (χ1v) is 5.80. The Labute approximate surface area is 109 Å². The van der Waals surface area contributed by atoms with E-state index in [9.17, 15) is 4.79 Å². The summed E-state index contributed by atoms with van der Waals surface area (Å²) in [6, 6.07) is 4.76. The van der Waals surface area contributed by atoms with Crippen molar-refractivity contribution in [1.29, 1.82) is 0 Å². The minimum absolute atomic E-state index is 0.111. The van der Waals surface area contributed by atoms with Gasteiger partial charge >= 0.3 is 0 Å². The summed E-state index contributed by atoms with van der Waals surface area (Å²) in [5, 5.41) is 11.9. The normalized spacial score (nSPS) is 12.0. The first-order valence-electron chi connectivity index (χ1n) is 5.05. The number of hydrogen-bond donors (Lipinski definition) is 2. The Bertz CT molecular complexity index is 398. The number of nitrogens with one attached hydrogen (secondary N) is 1. The van der Waals surface area contributed by atoms with Gasteiger partial charge in [0.05, 0.1) is 11.6 Å². The van der Waals surface area contributed by atoms with E-state index in [2.05, 4.69) is 5.32 Å². The van der Waals surface area contributed by atoms with E-state index < -0.39 is 6.10 Å². The summed E-state index contributed by atoms with van der Waals surface area (Å²) < 4.78 is 5.37. The Morgan fingerprint density at radius 1 is 1.53 bits per heavy atom. The van der Waals surface area contributed by atoms with Crippen LogP contribution in [0.5, 0.6) is 5.75 Å². The lowest BCUT2D eigenvalue weighted by atomic mass is 10.3. The smallest absolute Gasteiger partial charge is 0.260 e. The zero-order chi connectivity index (χ0) is 12.8. The molecule has 17 heavy (non-hydrogen) atoms. The maximum absolute atomic E-state index is 11.5. The summed E-state index contributed by atoms with van der Waals surface area (Å²) in [6.45, 7) is 1.68. The molecule has 0 saturated carbocycles. The molecule has 0 aliphatic heterocycles. The van der Waals surface area contributed by atoms with Crippen molar-refractivity contribution in [3.8, 4) is 5.75 Å². The van der Waals surface area contributed by atoms with Crippen molar-refractivity contribution in [2.75, 3.05) is 13.2 Å². The highest BCUT2D eigenvalue weighted by Gasteiger charge is 2.15. The molecule has 94 valence electrons. The van der Waals surface area contributed by atoms with E-state index in [0.29, 0.717) is 15.8 Å². The lowest BCUT2D eigenvalue weighted by Gasteiger charge is -2.15. The third-order valence-corrected chi connectivity index (χ3v) is 2.51. The molecule has 1 amide bonds. The first-order chi connectivity index (χ1) is 8.04. The number of aliphatic hydroxyl groups is 1. The van der Waals surface area contributed by atoms with Crippen molar-refractivity contribution < 1.29 is 14.6 Å². The second kappa shape index (κ2) is 6.69. The minimum atomic E-state index is -0.694. The molecule has 1 atom stereocenters. The standard InChI is InChI=1S/C11H13Cl2NO3/c1-7(11(16)14-4-5-15)17-10-3-2-8(12)6-9(10)13/h2-3,6-7,15H,4-5H2,1H3,(H,14,16)/t7-/m1/s1. The molecule has 0 spiro atoms. The summed E-state index contributed by atoms with van der Waals surface area (Å²) >= 11 is 11.6. The van der Waals surface area contributed by atoms with E-state index >= 15 is 0 Å². The molecule has 1 rings (SSSR count). The van der Waals surface area contributed by atoms with Gasteiger partial charge in [-0.05, 0) is 25.1 Å². The molecule has 4 nitrogen and oxygen atoms in total. The van der Waals surface area contributed by atoms with Crippen LogP contribution in [-0.2, 0) is 4.79 Å². The average molecular weight is 278 g/mol. The predicted octanol–water partition coefficient (Wildman–Crippen LogP) is 1.87. The number of carbonyl (C=O) groups excluding carboxylic acids is 1. The van der Waals surface area contributed by atoms with Crippen LogP contribution in [0.1, 0.15) is 6.92 Å². The van der Waals surface area contributed by atoms with Crippen LogP contribution in [0.25, 0.3) is 0 Å². The second-order valence-electron chi connectivity index (χ2n) is 3.35. The number of hydrogen-bond acceptors (Lipinski definition) is 3. The van der Waals surface area contributed by atoms with Crippen molar-refractivity contribution in [3.63, 3.8) is 0 Å². The average Bonchev–Trinajstić information content (AvgIpc) is 2.29. The van der Waals surface area contributed by atoms with Gasteiger partial charge in [-0.1, -0.05) is 23.2 Å². The molecule has 0 aliphatic carbocycles. The van der Waals surface area contributed by atoms with Crippen molar-refractivity contribution in [3.05, 3.63) is 28.2 Å². The van der Waals surface area contributed by atoms with Gasteiger partial charge in [-0.3, -0.25) is 4.79 Å². The Hall–Kier alpha value is -0.970. The van der Waals surface area contributed by atoms with Crippen LogP contribution in [0.15, 0.2) is 18.2 Å². The summed E-state index contributed by atoms with van der Waals surface area (Å²) in [5.74, 6) is 0.0766. The van der Waals surface area contributed by atoms with Gasteiger partial charge in [0.1, 0.15) is 5.75 Å². The first kappa shape index (κ1) is 14.1. The molecule has 2 N–H and O–H groups in total. The highest BCUT2D eigenvalue weighted by atomic mass is 35.5. The van der Waals surface area contributed by atoms with Gasteiger partial charge in [0.25, 0.3) is 5.91 Å². The topological polar surface area (TPSA) is 58.6 Å². The maximum Gasteiger partial charge on any atom is 0.260 e. The number of amides is 1. The second-order valence-corrected chi connectivity index (χ2v) is 4.19. The van der Waals surface area contributed by atoms with Crippen LogP contribution in [0.4, 0.5) is 0 Å². The van der Waals surface area contributed by atoms with Gasteiger partial charge in [0.2, 0.25) is 0 Å². The van der Waals surface area contributed by atoms with Crippen LogP contribution in [-0.4, -0.2) is 30.3 Å². The van der Waals surface area contributed by atoms with E-state index in [0.717, 1.165) is 0 Å². The Morgan fingerprint density at radius 3 is 2.82 bits per heavy atom. The molecule has 0 aliphatic rings. The third kappa shape index (κ3) is 4.42. The van der Waals surface area contributed by atoms with Crippen LogP contribution in [0.2, 0.25) is 10.0 Å². The fraction of sp³-hybridized carbons (Fsp3) is 0.364. The molecule has 0 radical (unpaired) electrons. The van der Waals surface area contributed by atoms with E-state index in [1.165, 1.54) is 6.07 Å². The highest BCUT2D eigenvalue weighted by Crippen LogP contribution is 2.28. The number of carbonyl (C=O) groups is 1. The third-order valence-electron chi connectivity index (χ3n) is 1.98. The fourth-order valence-electron chi connectivity index (χ4n) is 1.14. The molecule has 0 aromatic heterocycles. The molecule has 0 fully saturated rings. The molecule has 0 bridgehead atoms. The molecule has 0 heterocycles. The van der Waals surface area contributed by atoms with Gasteiger partial charge in [-0.2, -0.15) is 0 Å². The van der Waals surface area contributed by atoms with E-state index in [4.69, 9.17) is 33.0 Å². The number of aliphatic hydroxyl groups excluding tert-OH is 1. The lowest BCUT2D eigenvalue weighted by molar-refractivity contribution is -0.127. The van der Waals surface area contributed by atoms with Crippen molar-refractivity contribution in [2.24, 2.45) is 0 Å². The number of ether oxygens (including phenoxy) is 1. The summed E-state index contributed by atoms with van der Waals surface area (Å²) in [5.41, 5.74) is 0. The predicted molar refractivity (Wildman–Crippen MR) is 66.6 cm³/mol. The highest BCUT2D eigenvalue weighted by molar-refractivity contribution is 6.35. The number of rotatable bonds is 5. The SMILES string of the molecule is C[C@@H](Oc1ccc(Cl)cc1Cl)C(=O)NCCO. The fourth-order valence-corrected chi connectivity index (χ4v) is 1.59. The molecule has 0 unspecified atom stereocenters. The molecular weight excluding hydrogens is 265 g/mol. The van der Waals surface area contributed by atoms with Gasteiger partial charge in [-0.25, -0.2) is 0 Å². The van der Waals surface area contributed by atoms with Crippen molar-refractivity contribution in [2.45, 2.75) is 13.0 Å². The van der Waals surface area contributed by atoms with Gasteiger partial charge < -0.3 is 15.2 Å². The number of benzene rings is 1. The summed E-state index contributed by atoms with van der Waals surface area (Å²) in [6.07, 6.45) is -0.694. The van der Waals surface area contributed by atoms with E-state index in [1.54, 1.807) is 19.1 Å². The van der Waals surface area contributed by atoms with Crippen molar-refractivity contribution >= 4 is 29.1 Å². The summed E-state index contributed by atoms with van der Waals surface area (Å²) in [7, 11) is 0. The minimum Gasteiger partial charge on any atom is -0.479 e. The van der Waals surface area contributed by atoms with Crippen LogP contribution in [0.3, 0.4) is 0 Å². The van der Waals surface area contributed by atoms with E-state index in [1.807, 2.05) is 0 Å². The number of halogens is 2. The van der Waals surface area contributed by atoms with Gasteiger partial charge in [0, 0.05) is 11.6 Å². The monoisotopic (exact) mass is 277 g/mol. The van der Waals surface area contributed by atoms with Crippen LogP contribution < -0.4 is 10.1 Å². The van der Waals surface area contributed by atoms with Gasteiger partial charge in [0.15, 0.2) is 6.10 Å². The zero-order valence-electron chi connectivity index (χ0n) is 9.24. The van der Waals surface area contributed by atoms with Crippen LogP contribution in [0, 0.1) is 0 Å².